The molecule has 0 saturated carbocycles. The number of pyridine rings is 1. The highest BCUT2D eigenvalue weighted by atomic mass is 16.4. The second-order valence-corrected chi connectivity index (χ2v) is 2.07. The summed E-state index contributed by atoms with van der Waals surface area (Å²) in [5.41, 5.74) is 5.59. The van der Waals surface area contributed by atoms with Crippen molar-refractivity contribution in [1.82, 2.24) is 4.98 Å². The fraction of sp³-hybridized carbons (Fsp3) is 0. The van der Waals surface area contributed by atoms with Gasteiger partial charge in [-0.05, 0) is 12.0 Å². The number of aromatic carboxylic acids is 1. The molecule has 12 heavy (non-hydrogen) atoms. The number of carbonyl (C=O) groups is 1. The van der Waals surface area contributed by atoms with Crippen LogP contribution in [0.25, 0.3) is 0 Å². The van der Waals surface area contributed by atoms with E-state index in [9.17, 15) is 4.79 Å². The van der Waals surface area contributed by atoms with Crippen molar-refractivity contribution in [2.75, 3.05) is 5.73 Å². The van der Waals surface area contributed by atoms with Gasteiger partial charge in [0.2, 0.25) is 0 Å². The Kier molecular flexibility index (Phi) is 1.97. The maximum absolute atomic E-state index is 10.5. The number of aromatic nitrogens is 1. The van der Waals surface area contributed by atoms with E-state index in [1.54, 1.807) is 0 Å². The first-order valence-corrected chi connectivity index (χ1v) is 3.11. The molecule has 0 bridgehead atoms. The van der Waals surface area contributed by atoms with Crippen LogP contribution >= 0.6 is 0 Å². The molecule has 1 heterocycles. The molecule has 4 nitrogen and oxygen atoms in total. The lowest BCUT2D eigenvalue weighted by Gasteiger charge is -2.00. The van der Waals surface area contributed by atoms with Gasteiger partial charge in [-0.3, -0.25) is 0 Å². The Labute approximate surface area is 69.0 Å². The largest absolute Gasteiger partial charge is 0.478 e. The standard InChI is InChI=1S/C8H6N2O2/c1-2-6-7(9)5(8(11)12)3-4-10-6/h1,3-4H,9H2,(H,11,12). The van der Waals surface area contributed by atoms with Gasteiger partial charge in [0.25, 0.3) is 0 Å². The van der Waals surface area contributed by atoms with Crippen LogP contribution in [0.3, 0.4) is 0 Å². The molecule has 60 valence electrons. The van der Waals surface area contributed by atoms with Crippen molar-refractivity contribution in [2.24, 2.45) is 0 Å². The molecule has 0 aliphatic heterocycles. The fourth-order valence-corrected chi connectivity index (χ4v) is 0.775. The van der Waals surface area contributed by atoms with Crippen LogP contribution in [0.4, 0.5) is 5.69 Å². The van der Waals surface area contributed by atoms with E-state index in [2.05, 4.69) is 10.9 Å². The Morgan fingerprint density at radius 2 is 2.42 bits per heavy atom. The van der Waals surface area contributed by atoms with E-state index >= 15 is 0 Å². The molecule has 0 amide bonds. The molecular formula is C8H6N2O2. The maximum atomic E-state index is 10.5. The van der Waals surface area contributed by atoms with Crippen molar-refractivity contribution in [3.05, 3.63) is 23.5 Å². The molecule has 1 rings (SSSR count). The van der Waals surface area contributed by atoms with E-state index in [-0.39, 0.29) is 16.9 Å². The van der Waals surface area contributed by atoms with Gasteiger partial charge in [-0.1, -0.05) is 0 Å². The number of anilines is 1. The van der Waals surface area contributed by atoms with Crippen molar-refractivity contribution in [3.63, 3.8) is 0 Å². The van der Waals surface area contributed by atoms with Crippen molar-refractivity contribution < 1.29 is 9.90 Å². The van der Waals surface area contributed by atoms with Crippen LogP contribution in [0.5, 0.6) is 0 Å². The highest BCUT2D eigenvalue weighted by Crippen LogP contribution is 2.13. The molecule has 0 atom stereocenters. The lowest BCUT2D eigenvalue weighted by Crippen LogP contribution is -2.05. The molecule has 0 saturated heterocycles. The Hall–Kier alpha value is -2.02. The Morgan fingerprint density at radius 1 is 1.75 bits per heavy atom. The second-order valence-electron chi connectivity index (χ2n) is 2.07. The molecule has 0 radical (unpaired) electrons. The van der Waals surface area contributed by atoms with E-state index in [1.165, 1.54) is 12.3 Å². The van der Waals surface area contributed by atoms with Crippen molar-refractivity contribution in [1.29, 1.82) is 0 Å². The lowest BCUT2D eigenvalue weighted by atomic mass is 10.2. The van der Waals surface area contributed by atoms with Crippen molar-refractivity contribution >= 4 is 11.7 Å². The van der Waals surface area contributed by atoms with Gasteiger partial charge in [0, 0.05) is 6.20 Å². The highest BCUT2D eigenvalue weighted by molar-refractivity contribution is 5.94. The predicted octanol–water partition coefficient (Wildman–Crippen LogP) is 0.343. The third kappa shape index (κ3) is 1.20. The van der Waals surface area contributed by atoms with E-state index in [4.69, 9.17) is 17.3 Å². The monoisotopic (exact) mass is 162 g/mol. The predicted molar refractivity (Wildman–Crippen MR) is 43.5 cm³/mol. The zero-order valence-corrected chi connectivity index (χ0v) is 6.11. The van der Waals surface area contributed by atoms with Gasteiger partial charge in [-0.15, -0.1) is 6.42 Å². The van der Waals surface area contributed by atoms with Crippen LogP contribution in [0.15, 0.2) is 12.3 Å². The topological polar surface area (TPSA) is 76.2 Å². The van der Waals surface area contributed by atoms with Gasteiger partial charge in [0.05, 0.1) is 11.3 Å². The average molecular weight is 162 g/mol. The van der Waals surface area contributed by atoms with Gasteiger partial charge in [0.1, 0.15) is 5.69 Å². The number of nitrogen functional groups attached to an aromatic ring is 1. The third-order valence-electron chi connectivity index (χ3n) is 1.36. The first-order valence-electron chi connectivity index (χ1n) is 3.11. The molecule has 0 aromatic carbocycles. The molecule has 3 N–H and O–H groups in total. The molecule has 0 fully saturated rings. The summed E-state index contributed by atoms with van der Waals surface area (Å²) in [7, 11) is 0. The lowest BCUT2D eigenvalue weighted by molar-refractivity contribution is 0.0698. The normalized spacial score (nSPS) is 8.92. The van der Waals surface area contributed by atoms with E-state index in [1.807, 2.05) is 0 Å². The van der Waals surface area contributed by atoms with Crippen LogP contribution in [0, 0.1) is 12.3 Å². The smallest absolute Gasteiger partial charge is 0.337 e. The summed E-state index contributed by atoms with van der Waals surface area (Å²) in [6.45, 7) is 0. The van der Waals surface area contributed by atoms with Gasteiger partial charge >= 0.3 is 5.97 Å². The number of terminal acetylenes is 1. The zero-order chi connectivity index (χ0) is 9.14. The van der Waals surface area contributed by atoms with E-state index in [0.717, 1.165) is 0 Å². The summed E-state index contributed by atoms with van der Waals surface area (Å²) in [5, 5.41) is 8.61. The van der Waals surface area contributed by atoms with Crippen LogP contribution < -0.4 is 5.73 Å². The van der Waals surface area contributed by atoms with Gasteiger partial charge in [0.15, 0.2) is 0 Å². The minimum atomic E-state index is -1.11. The van der Waals surface area contributed by atoms with Crippen LogP contribution in [-0.4, -0.2) is 16.1 Å². The Morgan fingerprint density at radius 3 is 2.92 bits per heavy atom. The van der Waals surface area contributed by atoms with E-state index < -0.39 is 5.97 Å². The number of carboxylic acids is 1. The number of nitrogens with two attached hydrogens (primary N) is 1. The van der Waals surface area contributed by atoms with Crippen molar-refractivity contribution in [3.8, 4) is 12.3 Å². The number of hydrogen-bond acceptors (Lipinski definition) is 3. The second kappa shape index (κ2) is 2.93. The molecular weight excluding hydrogens is 156 g/mol. The van der Waals surface area contributed by atoms with Gasteiger partial charge < -0.3 is 10.8 Å². The van der Waals surface area contributed by atoms with Crippen LogP contribution in [0.2, 0.25) is 0 Å². The first-order chi connectivity index (χ1) is 5.66. The minimum absolute atomic E-state index is 0.0158. The summed E-state index contributed by atoms with van der Waals surface area (Å²) in [5.74, 6) is 1.09. The molecule has 0 unspecified atom stereocenters. The molecule has 1 aromatic heterocycles. The fourth-order valence-electron chi connectivity index (χ4n) is 0.775. The summed E-state index contributed by atoms with van der Waals surface area (Å²) in [6, 6.07) is 1.30. The SMILES string of the molecule is C#Cc1nccc(C(=O)O)c1N. The summed E-state index contributed by atoms with van der Waals surface area (Å²) < 4.78 is 0. The zero-order valence-electron chi connectivity index (χ0n) is 6.11. The highest BCUT2D eigenvalue weighted by Gasteiger charge is 2.09. The Bertz CT molecular complexity index is 366. The first kappa shape index (κ1) is 8.08. The van der Waals surface area contributed by atoms with Crippen LogP contribution in [0.1, 0.15) is 16.1 Å². The van der Waals surface area contributed by atoms with Crippen molar-refractivity contribution in [2.45, 2.75) is 0 Å². The van der Waals surface area contributed by atoms with E-state index in [0.29, 0.717) is 0 Å². The van der Waals surface area contributed by atoms with Gasteiger partial charge in [-0.25, -0.2) is 9.78 Å². The molecule has 0 spiro atoms. The van der Waals surface area contributed by atoms with Crippen LogP contribution in [-0.2, 0) is 0 Å². The molecule has 1 aromatic rings. The number of hydrogen-bond donors (Lipinski definition) is 2. The van der Waals surface area contributed by atoms with Gasteiger partial charge in [-0.2, -0.15) is 0 Å². The average Bonchev–Trinajstić information content (AvgIpc) is 2.04. The maximum Gasteiger partial charge on any atom is 0.337 e. The molecule has 0 aliphatic rings. The third-order valence-corrected chi connectivity index (χ3v) is 1.36. The summed E-state index contributed by atoms with van der Waals surface area (Å²) in [6.07, 6.45) is 6.35. The summed E-state index contributed by atoms with van der Waals surface area (Å²) in [4.78, 5) is 14.2. The molecule has 0 aliphatic carbocycles. The number of carboxylic acid groups (broad SMARTS) is 1. The number of rotatable bonds is 1. The Balaban J connectivity index is 3.35. The summed E-state index contributed by atoms with van der Waals surface area (Å²) >= 11 is 0. The quantitative estimate of drug-likeness (QED) is 0.584. The minimum Gasteiger partial charge on any atom is -0.478 e. The number of nitrogens with zero attached hydrogens (tertiary/aromatic N) is 1. The molecule has 4 heteroatoms.